The highest BCUT2D eigenvalue weighted by Crippen LogP contribution is 2.10. The molecule has 0 aliphatic carbocycles. The Morgan fingerprint density at radius 3 is 1.68 bits per heavy atom. The largest absolute Gasteiger partial charge is 0.480 e. The van der Waals surface area contributed by atoms with Gasteiger partial charge in [-0.15, -0.1) is 0 Å². The smallest absolute Gasteiger partial charge is 0.328 e. The van der Waals surface area contributed by atoms with E-state index in [9.17, 15) is 9.59 Å². The fourth-order valence-electron chi connectivity index (χ4n) is 2.82. The number of aliphatic carboxylic acids is 1. The zero-order valence-electron chi connectivity index (χ0n) is 19.3. The van der Waals surface area contributed by atoms with Crippen LogP contribution in [0.2, 0.25) is 0 Å². The molecule has 0 aromatic rings. The molecule has 0 heterocycles. The Balaban J connectivity index is 0. The number of nitrogens with one attached hydrogen (secondary N) is 1. The van der Waals surface area contributed by atoms with Crippen LogP contribution in [-0.2, 0) is 9.59 Å². The molecule has 0 saturated carbocycles. The predicted molar refractivity (Wildman–Crippen MR) is 121 cm³/mol. The summed E-state index contributed by atoms with van der Waals surface area (Å²) >= 11 is 0. The zero-order valence-corrected chi connectivity index (χ0v) is 19.3. The van der Waals surface area contributed by atoms with Crippen LogP contribution in [-0.4, -0.2) is 22.5 Å². The fraction of sp³-hybridized carbons (Fsp3) is 0.833. The van der Waals surface area contributed by atoms with E-state index in [1.54, 1.807) is 0 Å². The Labute approximate surface area is 174 Å². The molecule has 28 heavy (non-hydrogen) atoms. The summed E-state index contributed by atoms with van der Waals surface area (Å²) in [5.41, 5.74) is -1.18. The third-order valence-electron chi connectivity index (χ3n) is 4.65. The lowest BCUT2D eigenvalue weighted by Crippen LogP contribution is -2.49. The second kappa shape index (κ2) is 20.4. The minimum absolute atomic E-state index is 0.171. The lowest BCUT2D eigenvalue weighted by atomic mass is 10.0. The van der Waals surface area contributed by atoms with E-state index >= 15 is 0 Å². The van der Waals surface area contributed by atoms with Crippen molar-refractivity contribution in [1.82, 2.24) is 5.32 Å². The molecule has 0 aliphatic rings. The second-order valence-electron chi connectivity index (χ2n) is 7.81. The Morgan fingerprint density at radius 2 is 1.21 bits per heavy atom. The molecule has 0 bridgehead atoms. The summed E-state index contributed by atoms with van der Waals surface area (Å²) < 4.78 is 0. The molecule has 166 valence electrons. The molecule has 0 aliphatic heterocycles. The van der Waals surface area contributed by atoms with Crippen LogP contribution in [0.3, 0.4) is 0 Å². The summed E-state index contributed by atoms with van der Waals surface area (Å²) in [6.45, 7) is 9.27. The first-order valence-corrected chi connectivity index (χ1v) is 11.6. The van der Waals surface area contributed by atoms with Crippen LogP contribution in [0, 0.1) is 0 Å². The van der Waals surface area contributed by atoms with Gasteiger partial charge >= 0.3 is 5.97 Å². The lowest BCUT2D eigenvalue weighted by molar-refractivity contribution is -0.146. The lowest BCUT2D eigenvalue weighted by Gasteiger charge is -2.20. The van der Waals surface area contributed by atoms with E-state index < -0.39 is 11.5 Å². The molecule has 0 saturated heterocycles. The molecule has 0 aromatic carbocycles. The third kappa shape index (κ3) is 19.4. The molecule has 2 N–H and O–H groups in total. The number of carboxylic acid groups (broad SMARTS) is 1. The first kappa shape index (κ1) is 28.9. The van der Waals surface area contributed by atoms with E-state index in [2.05, 4.69) is 24.4 Å². The molecular formula is C24H47NO3. The summed E-state index contributed by atoms with van der Waals surface area (Å²) in [6.07, 6.45) is 21.0. The van der Waals surface area contributed by atoms with Crippen LogP contribution in [0.25, 0.3) is 0 Å². The summed E-state index contributed by atoms with van der Waals surface area (Å²) in [6, 6.07) is 0. The number of hydrogen-bond acceptors (Lipinski definition) is 2. The average Bonchev–Trinajstić information content (AvgIpc) is 2.66. The van der Waals surface area contributed by atoms with Gasteiger partial charge in [-0.25, -0.2) is 4.79 Å². The first-order valence-electron chi connectivity index (χ1n) is 11.6. The number of hydrogen-bond donors (Lipinski definition) is 2. The average molecular weight is 398 g/mol. The molecule has 4 nitrogen and oxygen atoms in total. The molecule has 0 radical (unpaired) electrons. The molecule has 0 rings (SSSR count). The highest BCUT2D eigenvalue weighted by molar-refractivity contribution is 5.86. The third-order valence-corrected chi connectivity index (χ3v) is 4.65. The number of carbonyl (C=O) groups is 2. The normalized spacial score (nSPS) is 11.2. The van der Waals surface area contributed by atoms with Crippen molar-refractivity contribution in [2.75, 3.05) is 0 Å². The van der Waals surface area contributed by atoms with Gasteiger partial charge in [0.25, 0.3) is 0 Å². The fourth-order valence-corrected chi connectivity index (χ4v) is 2.82. The van der Waals surface area contributed by atoms with Gasteiger partial charge in [0, 0.05) is 6.42 Å². The maximum atomic E-state index is 11.7. The van der Waals surface area contributed by atoms with Gasteiger partial charge in [-0.05, 0) is 46.0 Å². The van der Waals surface area contributed by atoms with Gasteiger partial charge < -0.3 is 10.4 Å². The number of carboxylic acids is 1. The minimum Gasteiger partial charge on any atom is -0.480 e. The quantitative estimate of drug-likeness (QED) is 0.204. The highest BCUT2D eigenvalue weighted by atomic mass is 16.4. The van der Waals surface area contributed by atoms with E-state index in [1.165, 1.54) is 71.6 Å². The summed E-state index contributed by atoms with van der Waals surface area (Å²) in [5.74, 6) is -1.18. The zero-order chi connectivity index (χ0) is 21.7. The van der Waals surface area contributed by atoms with Crippen molar-refractivity contribution in [1.29, 1.82) is 0 Å². The first-order chi connectivity index (χ1) is 13.4. The Morgan fingerprint density at radius 1 is 0.786 bits per heavy atom. The number of allylic oxidation sites excluding steroid dienone is 2. The molecule has 0 unspecified atom stereocenters. The summed E-state index contributed by atoms with van der Waals surface area (Å²) in [7, 11) is 0. The molecule has 0 atom stereocenters. The highest BCUT2D eigenvalue weighted by Gasteiger charge is 2.28. The van der Waals surface area contributed by atoms with Gasteiger partial charge in [-0.2, -0.15) is 0 Å². The Hall–Kier alpha value is -1.32. The monoisotopic (exact) mass is 397 g/mol. The van der Waals surface area contributed by atoms with Gasteiger partial charge in [0.2, 0.25) is 5.91 Å². The van der Waals surface area contributed by atoms with Crippen molar-refractivity contribution in [2.24, 2.45) is 0 Å². The van der Waals surface area contributed by atoms with E-state index in [1.807, 2.05) is 13.8 Å². The van der Waals surface area contributed by atoms with E-state index in [-0.39, 0.29) is 5.91 Å². The van der Waals surface area contributed by atoms with Gasteiger partial charge in [0.1, 0.15) is 5.54 Å². The topological polar surface area (TPSA) is 66.4 Å². The maximum absolute atomic E-state index is 11.7. The maximum Gasteiger partial charge on any atom is 0.328 e. The number of carbonyl (C=O) groups excluding carboxylic acids is 1. The van der Waals surface area contributed by atoms with Crippen molar-refractivity contribution >= 4 is 11.9 Å². The van der Waals surface area contributed by atoms with E-state index in [0.717, 1.165) is 25.7 Å². The summed E-state index contributed by atoms with van der Waals surface area (Å²) in [5, 5.41) is 11.5. The van der Waals surface area contributed by atoms with E-state index in [0.29, 0.717) is 6.42 Å². The minimum atomic E-state index is -1.18. The van der Waals surface area contributed by atoms with Crippen LogP contribution < -0.4 is 5.32 Å². The SMILES string of the molecule is CC.CCCCCCCC/C=C\CCCCCCCC(=O)NC(C)(C)C(=O)O. The Kier molecular flexibility index (Phi) is 21.1. The van der Waals surface area contributed by atoms with E-state index in [4.69, 9.17) is 5.11 Å². The van der Waals surface area contributed by atoms with Crippen LogP contribution in [0.5, 0.6) is 0 Å². The summed E-state index contributed by atoms with van der Waals surface area (Å²) in [4.78, 5) is 22.7. The molecule has 0 fully saturated rings. The predicted octanol–water partition coefficient (Wildman–Crippen LogP) is 7.03. The number of unbranched alkanes of at least 4 members (excludes halogenated alkanes) is 11. The van der Waals surface area contributed by atoms with Crippen molar-refractivity contribution in [3.63, 3.8) is 0 Å². The van der Waals surface area contributed by atoms with Crippen molar-refractivity contribution in [3.8, 4) is 0 Å². The molecule has 0 spiro atoms. The van der Waals surface area contributed by atoms with Gasteiger partial charge in [-0.1, -0.05) is 84.3 Å². The van der Waals surface area contributed by atoms with Gasteiger partial charge in [0.15, 0.2) is 0 Å². The van der Waals surface area contributed by atoms with Crippen molar-refractivity contribution < 1.29 is 14.7 Å². The molecule has 0 aromatic heterocycles. The van der Waals surface area contributed by atoms with Crippen molar-refractivity contribution in [2.45, 2.75) is 130 Å². The Bertz CT molecular complexity index is 403. The van der Waals surface area contributed by atoms with Gasteiger partial charge in [-0.3, -0.25) is 4.79 Å². The van der Waals surface area contributed by atoms with Crippen LogP contribution >= 0.6 is 0 Å². The van der Waals surface area contributed by atoms with Crippen LogP contribution in [0.4, 0.5) is 0 Å². The second-order valence-corrected chi connectivity index (χ2v) is 7.81. The molecular weight excluding hydrogens is 350 g/mol. The standard InChI is InChI=1S/C22H41NO3.C2H6/c1-4-5-6-7-8-9-10-11-12-13-14-15-16-17-18-19-20(24)23-22(2,3)21(25)26;1-2/h11-12H,4-10,13-19H2,1-3H3,(H,23,24)(H,25,26);1-2H3/b12-11-;. The number of rotatable bonds is 17. The van der Waals surface area contributed by atoms with Crippen LogP contribution in [0.1, 0.15) is 125 Å². The molecule has 1 amide bonds. The van der Waals surface area contributed by atoms with Crippen molar-refractivity contribution in [3.05, 3.63) is 12.2 Å². The number of amides is 1. The van der Waals surface area contributed by atoms with Crippen LogP contribution in [0.15, 0.2) is 12.2 Å². The molecule has 4 heteroatoms. The van der Waals surface area contributed by atoms with Gasteiger partial charge in [0.05, 0.1) is 0 Å².